The zero-order valence-electron chi connectivity index (χ0n) is 6.39. The van der Waals surface area contributed by atoms with E-state index < -0.39 is 0 Å². The molecule has 60 valence electrons. The van der Waals surface area contributed by atoms with Crippen molar-refractivity contribution in [2.75, 3.05) is 19.5 Å². The Morgan fingerprint density at radius 3 is 2.91 bits per heavy atom. The topological polar surface area (TPSA) is 34.2 Å². The van der Waals surface area contributed by atoms with E-state index in [0.29, 0.717) is 5.88 Å². The first-order valence-corrected chi connectivity index (χ1v) is 3.94. The van der Waals surface area contributed by atoms with Crippen LogP contribution in [0.1, 0.15) is 0 Å². The van der Waals surface area contributed by atoms with Gasteiger partial charge in [-0.2, -0.15) is 0 Å². The predicted molar refractivity (Wildman–Crippen MR) is 48.0 cm³/mol. The summed E-state index contributed by atoms with van der Waals surface area (Å²) in [6, 6.07) is 1.91. The molecule has 11 heavy (non-hydrogen) atoms. The molecule has 0 saturated carbocycles. The van der Waals surface area contributed by atoms with Crippen molar-refractivity contribution in [1.82, 2.24) is 4.98 Å². The third-order valence-electron chi connectivity index (χ3n) is 1.28. The maximum absolute atomic E-state index is 5.00. The van der Waals surface area contributed by atoms with Gasteiger partial charge in [0, 0.05) is 17.7 Å². The van der Waals surface area contributed by atoms with E-state index in [1.165, 1.54) is 0 Å². The van der Waals surface area contributed by atoms with Gasteiger partial charge in [0.15, 0.2) is 0 Å². The molecule has 0 bridgehead atoms. The van der Waals surface area contributed by atoms with Crippen molar-refractivity contribution >= 4 is 21.6 Å². The predicted octanol–water partition coefficient (Wildman–Crippen LogP) is 1.89. The summed E-state index contributed by atoms with van der Waals surface area (Å²) in [7, 11) is 3.42. The summed E-state index contributed by atoms with van der Waals surface area (Å²) in [4.78, 5) is 4.04. The van der Waals surface area contributed by atoms with Crippen molar-refractivity contribution in [1.29, 1.82) is 0 Å². The fourth-order valence-corrected chi connectivity index (χ4v) is 1.10. The lowest BCUT2D eigenvalue weighted by atomic mass is 10.4. The quantitative estimate of drug-likeness (QED) is 0.821. The second-order valence-electron chi connectivity index (χ2n) is 1.96. The Morgan fingerprint density at radius 2 is 2.36 bits per heavy atom. The van der Waals surface area contributed by atoms with E-state index in [0.717, 1.165) is 10.2 Å². The van der Waals surface area contributed by atoms with Gasteiger partial charge in [-0.1, -0.05) is 0 Å². The highest BCUT2D eigenvalue weighted by molar-refractivity contribution is 9.10. The SMILES string of the molecule is CNc1cc(Br)cnc1OC. The molecule has 0 spiro atoms. The number of aromatic nitrogens is 1. The molecule has 1 N–H and O–H groups in total. The molecule has 1 rings (SSSR count). The van der Waals surface area contributed by atoms with Gasteiger partial charge in [-0.05, 0) is 22.0 Å². The van der Waals surface area contributed by atoms with Crippen LogP contribution in [0.2, 0.25) is 0 Å². The van der Waals surface area contributed by atoms with Crippen LogP contribution in [0.4, 0.5) is 5.69 Å². The average molecular weight is 217 g/mol. The summed E-state index contributed by atoms with van der Waals surface area (Å²) in [5.41, 5.74) is 0.877. The van der Waals surface area contributed by atoms with Crippen LogP contribution in [0.25, 0.3) is 0 Å². The molecule has 0 radical (unpaired) electrons. The molecule has 0 aliphatic rings. The highest BCUT2D eigenvalue weighted by Crippen LogP contribution is 2.23. The van der Waals surface area contributed by atoms with E-state index in [9.17, 15) is 0 Å². The molecule has 3 nitrogen and oxygen atoms in total. The Hall–Kier alpha value is -0.770. The number of halogens is 1. The highest BCUT2D eigenvalue weighted by Gasteiger charge is 2.01. The van der Waals surface area contributed by atoms with Crippen molar-refractivity contribution < 1.29 is 4.74 Å². The molecule has 1 heterocycles. The van der Waals surface area contributed by atoms with E-state index in [1.807, 2.05) is 13.1 Å². The van der Waals surface area contributed by atoms with Crippen LogP contribution in [0.15, 0.2) is 16.7 Å². The molecular formula is C7H9BrN2O. The minimum Gasteiger partial charge on any atom is -0.480 e. The number of hydrogen-bond donors (Lipinski definition) is 1. The molecule has 0 saturated heterocycles. The number of nitrogens with one attached hydrogen (secondary N) is 1. The van der Waals surface area contributed by atoms with Crippen LogP contribution in [0.3, 0.4) is 0 Å². The van der Waals surface area contributed by atoms with Crippen LogP contribution in [-0.4, -0.2) is 19.1 Å². The largest absolute Gasteiger partial charge is 0.480 e. The zero-order chi connectivity index (χ0) is 8.27. The molecule has 0 aliphatic heterocycles. The first-order chi connectivity index (χ1) is 5.27. The van der Waals surface area contributed by atoms with Crippen molar-refractivity contribution in [3.63, 3.8) is 0 Å². The summed E-state index contributed by atoms with van der Waals surface area (Å²) in [6.07, 6.45) is 1.69. The minimum atomic E-state index is 0.607. The first kappa shape index (κ1) is 8.33. The Bertz CT molecular complexity index is 252. The zero-order valence-corrected chi connectivity index (χ0v) is 7.97. The van der Waals surface area contributed by atoms with Crippen molar-refractivity contribution in [2.24, 2.45) is 0 Å². The Balaban J connectivity index is 3.06. The van der Waals surface area contributed by atoms with E-state index in [1.54, 1.807) is 13.3 Å². The van der Waals surface area contributed by atoms with Crippen LogP contribution in [0, 0.1) is 0 Å². The van der Waals surface area contributed by atoms with E-state index >= 15 is 0 Å². The lowest BCUT2D eigenvalue weighted by Crippen LogP contribution is -1.95. The Labute approximate surface area is 73.9 Å². The van der Waals surface area contributed by atoms with Gasteiger partial charge < -0.3 is 10.1 Å². The van der Waals surface area contributed by atoms with Gasteiger partial charge in [0.05, 0.1) is 12.8 Å². The minimum absolute atomic E-state index is 0.607. The number of ether oxygens (including phenoxy) is 1. The molecule has 0 unspecified atom stereocenters. The van der Waals surface area contributed by atoms with Gasteiger partial charge in [0.25, 0.3) is 0 Å². The lowest BCUT2D eigenvalue weighted by molar-refractivity contribution is 0.400. The Morgan fingerprint density at radius 1 is 1.64 bits per heavy atom. The third-order valence-corrected chi connectivity index (χ3v) is 1.71. The van der Waals surface area contributed by atoms with Crippen molar-refractivity contribution in [2.45, 2.75) is 0 Å². The molecule has 1 aromatic heterocycles. The fraction of sp³-hybridized carbons (Fsp3) is 0.286. The Kier molecular flexibility index (Phi) is 2.70. The van der Waals surface area contributed by atoms with Crippen LogP contribution in [0.5, 0.6) is 5.88 Å². The van der Waals surface area contributed by atoms with Gasteiger partial charge >= 0.3 is 0 Å². The van der Waals surface area contributed by atoms with E-state index in [2.05, 4.69) is 26.2 Å². The van der Waals surface area contributed by atoms with Gasteiger partial charge in [-0.25, -0.2) is 4.98 Å². The number of rotatable bonds is 2. The van der Waals surface area contributed by atoms with Gasteiger partial charge in [-0.3, -0.25) is 0 Å². The van der Waals surface area contributed by atoms with Crippen LogP contribution < -0.4 is 10.1 Å². The van der Waals surface area contributed by atoms with Crippen LogP contribution in [-0.2, 0) is 0 Å². The number of anilines is 1. The molecular weight excluding hydrogens is 208 g/mol. The summed E-state index contributed by atoms with van der Waals surface area (Å²) >= 11 is 3.31. The molecule has 0 aromatic carbocycles. The molecule has 0 atom stereocenters. The summed E-state index contributed by atoms with van der Waals surface area (Å²) < 4.78 is 5.93. The third kappa shape index (κ3) is 1.83. The second kappa shape index (κ2) is 3.57. The number of pyridine rings is 1. The standard InChI is InChI=1S/C7H9BrN2O/c1-9-6-3-5(8)4-10-7(6)11-2/h3-4,9H,1-2H3. The maximum atomic E-state index is 5.00. The van der Waals surface area contributed by atoms with Gasteiger partial charge in [0.1, 0.15) is 0 Å². The summed E-state index contributed by atoms with van der Waals surface area (Å²) in [5.74, 6) is 0.607. The molecule has 1 aromatic rings. The number of nitrogens with zero attached hydrogens (tertiary/aromatic N) is 1. The van der Waals surface area contributed by atoms with Crippen molar-refractivity contribution in [3.05, 3.63) is 16.7 Å². The first-order valence-electron chi connectivity index (χ1n) is 3.15. The number of hydrogen-bond acceptors (Lipinski definition) is 3. The number of methoxy groups -OCH3 is 1. The van der Waals surface area contributed by atoms with Crippen LogP contribution >= 0.6 is 15.9 Å². The van der Waals surface area contributed by atoms with Gasteiger partial charge in [-0.15, -0.1) is 0 Å². The molecule has 0 amide bonds. The van der Waals surface area contributed by atoms with E-state index in [-0.39, 0.29) is 0 Å². The average Bonchev–Trinajstić information content (AvgIpc) is 2.04. The summed E-state index contributed by atoms with van der Waals surface area (Å²) in [6.45, 7) is 0. The smallest absolute Gasteiger partial charge is 0.237 e. The highest BCUT2D eigenvalue weighted by atomic mass is 79.9. The molecule has 4 heteroatoms. The fourth-order valence-electron chi connectivity index (χ4n) is 0.768. The molecule has 0 fully saturated rings. The second-order valence-corrected chi connectivity index (χ2v) is 2.88. The van der Waals surface area contributed by atoms with Gasteiger partial charge in [0.2, 0.25) is 5.88 Å². The van der Waals surface area contributed by atoms with E-state index in [4.69, 9.17) is 4.74 Å². The monoisotopic (exact) mass is 216 g/mol. The van der Waals surface area contributed by atoms with Crippen molar-refractivity contribution in [3.8, 4) is 5.88 Å². The molecule has 0 aliphatic carbocycles. The lowest BCUT2D eigenvalue weighted by Gasteiger charge is -2.05. The normalized spacial score (nSPS) is 9.36. The summed E-state index contributed by atoms with van der Waals surface area (Å²) in [5, 5.41) is 2.97. The maximum Gasteiger partial charge on any atom is 0.237 e.